The number of nitrogens with zero attached hydrogens (tertiary/aromatic N) is 2. The number of fused-ring (bicyclic) bond motifs is 1. The summed E-state index contributed by atoms with van der Waals surface area (Å²) >= 11 is 6.36. The topological polar surface area (TPSA) is 59.1 Å². The van der Waals surface area contributed by atoms with E-state index in [1.807, 2.05) is 31.3 Å². The Bertz CT molecular complexity index is 1120. The molecule has 2 heterocycles. The van der Waals surface area contributed by atoms with E-state index in [0.29, 0.717) is 13.2 Å². The van der Waals surface area contributed by atoms with Crippen LogP contribution in [0.25, 0.3) is 0 Å². The van der Waals surface area contributed by atoms with E-state index in [0.717, 1.165) is 80.1 Å². The third-order valence-corrected chi connectivity index (χ3v) is 8.12. The smallest absolute Gasteiger partial charge is 0.313 e. The molecule has 2 aliphatic rings. The molecular formula is C31H41ClN2O4. The highest BCUT2D eigenvalue weighted by Gasteiger charge is 2.30. The second-order valence-electron chi connectivity index (χ2n) is 10.6. The highest BCUT2D eigenvalue weighted by Crippen LogP contribution is 2.39. The van der Waals surface area contributed by atoms with Gasteiger partial charge in [-0.25, -0.2) is 0 Å². The van der Waals surface area contributed by atoms with Gasteiger partial charge in [-0.1, -0.05) is 56.3 Å². The first kappa shape index (κ1) is 28.3. The number of benzene rings is 2. The Kier molecular flexibility index (Phi) is 9.95. The zero-order chi connectivity index (χ0) is 27.1. The van der Waals surface area contributed by atoms with E-state index < -0.39 is 5.92 Å². The molecule has 2 bridgehead atoms. The third kappa shape index (κ3) is 6.82. The number of hydrogen-bond acceptors (Lipinski definition) is 5. The van der Waals surface area contributed by atoms with Gasteiger partial charge in [0, 0.05) is 44.0 Å². The summed E-state index contributed by atoms with van der Waals surface area (Å²) in [7, 11) is 3.21. The summed E-state index contributed by atoms with van der Waals surface area (Å²) in [6.45, 7) is 5.20. The molecule has 7 heteroatoms. The Morgan fingerprint density at radius 2 is 1.84 bits per heavy atom. The first-order valence-electron chi connectivity index (χ1n) is 14.0. The van der Waals surface area contributed by atoms with Gasteiger partial charge in [-0.15, -0.1) is 0 Å². The Hall–Kier alpha value is -2.73. The first-order valence-corrected chi connectivity index (χ1v) is 14.4. The third-order valence-electron chi connectivity index (χ3n) is 7.88. The number of rotatable bonds is 4. The van der Waals surface area contributed by atoms with Crippen LogP contribution in [0.5, 0.6) is 5.75 Å². The van der Waals surface area contributed by atoms with Crippen LogP contribution in [0.2, 0.25) is 5.02 Å². The van der Waals surface area contributed by atoms with Crippen molar-refractivity contribution >= 4 is 29.2 Å². The van der Waals surface area contributed by atoms with E-state index in [1.165, 1.54) is 18.2 Å². The molecule has 6 nitrogen and oxygen atoms in total. The molecule has 0 saturated heterocycles. The molecule has 2 aromatic rings. The number of carbonyl (C=O) groups excluding carboxylic acids is 2. The van der Waals surface area contributed by atoms with Crippen molar-refractivity contribution in [3.8, 4) is 5.75 Å². The first-order chi connectivity index (χ1) is 18.4. The van der Waals surface area contributed by atoms with Crippen molar-refractivity contribution in [1.82, 2.24) is 4.90 Å². The van der Waals surface area contributed by atoms with Gasteiger partial charge in [0.25, 0.3) is 0 Å². The molecule has 0 radical (unpaired) electrons. The number of esters is 1. The van der Waals surface area contributed by atoms with Crippen LogP contribution in [0.3, 0.4) is 0 Å². The predicted octanol–water partition coefficient (Wildman–Crippen LogP) is 6.34. The molecule has 2 unspecified atom stereocenters. The molecule has 0 aromatic heterocycles. The largest absolute Gasteiger partial charge is 0.491 e. The van der Waals surface area contributed by atoms with Crippen molar-refractivity contribution in [2.45, 2.75) is 70.1 Å². The van der Waals surface area contributed by atoms with Crippen LogP contribution in [0, 0.1) is 0 Å². The van der Waals surface area contributed by atoms with Gasteiger partial charge in [0.05, 0.1) is 25.3 Å². The quantitative estimate of drug-likeness (QED) is 0.423. The molecule has 0 aliphatic carbocycles. The fraction of sp³-hybridized carbons (Fsp3) is 0.548. The summed E-state index contributed by atoms with van der Waals surface area (Å²) in [5.41, 5.74) is 4.35. The number of amides is 1. The van der Waals surface area contributed by atoms with Crippen LogP contribution >= 0.6 is 11.6 Å². The van der Waals surface area contributed by atoms with Crippen molar-refractivity contribution < 1.29 is 19.1 Å². The van der Waals surface area contributed by atoms with Crippen LogP contribution in [-0.2, 0) is 20.7 Å². The maximum absolute atomic E-state index is 13.0. The van der Waals surface area contributed by atoms with Gasteiger partial charge >= 0.3 is 5.97 Å². The van der Waals surface area contributed by atoms with Gasteiger partial charge in [-0.2, -0.15) is 0 Å². The molecule has 0 saturated carbocycles. The normalized spacial score (nSPS) is 21.1. The number of anilines is 1. The monoisotopic (exact) mass is 540 g/mol. The zero-order valence-electron chi connectivity index (χ0n) is 23.0. The number of hydrogen-bond donors (Lipinski definition) is 0. The van der Waals surface area contributed by atoms with E-state index in [-0.39, 0.29) is 24.2 Å². The molecule has 4 rings (SSSR count). The van der Waals surface area contributed by atoms with Gasteiger partial charge in [-0.05, 0) is 60.2 Å². The average molecular weight is 541 g/mol. The number of halogens is 1. The summed E-state index contributed by atoms with van der Waals surface area (Å²) in [5, 5.41) is 0.767. The van der Waals surface area contributed by atoms with Crippen LogP contribution in [-0.4, -0.2) is 57.2 Å². The van der Waals surface area contributed by atoms with Gasteiger partial charge in [-0.3, -0.25) is 9.59 Å². The fourth-order valence-electron chi connectivity index (χ4n) is 5.70. The lowest BCUT2D eigenvalue weighted by molar-refractivity contribution is -0.145. The maximum Gasteiger partial charge on any atom is 0.313 e. The highest BCUT2D eigenvalue weighted by molar-refractivity contribution is 6.30. The van der Waals surface area contributed by atoms with Crippen molar-refractivity contribution in [2.75, 3.05) is 45.3 Å². The summed E-state index contributed by atoms with van der Waals surface area (Å²) < 4.78 is 11.6. The zero-order valence-corrected chi connectivity index (χ0v) is 23.8. The lowest BCUT2D eigenvalue weighted by atomic mass is 9.91. The van der Waals surface area contributed by atoms with Crippen molar-refractivity contribution in [2.24, 2.45) is 0 Å². The van der Waals surface area contributed by atoms with Crippen LogP contribution in [0.1, 0.15) is 80.4 Å². The van der Waals surface area contributed by atoms with Gasteiger partial charge in [0.2, 0.25) is 5.91 Å². The van der Waals surface area contributed by atoms with E-state index in [4.69, 9.17) is 21.1 Å². The molecule has 2 atom stereocenters. The second-order valence-corrected chi connectivity index (χ2v) is 11.1. The lowest BCUT2D eigenvalue weighted by Crippen LogP contribution is -2.31. The van der Waals surface area contributed by atoms with E-state index >= 15 is 0 Å². The molecule has 1 amide bonds. The SMILES string of the molecule is CCCc1cc(Cl)ccc1C1COc2ccc3cc2N(CCCCCCCN(C)C(=O)CC3C(=O)OC)C1. The number of ether oxygens (including phenoxy) is 2. The maximum atomic E-state index is 13.0. The molecule has 0 spiro atoms. The van der Waals surface area contributed by atoms with Crippen LogP contribution < -0.4 is 9.64 Å². The summed E-state index contributed by atoms with van der Waals surface area (Å²) in [6, 6.07) is 12.1. The highest BCUT2D eigenvalue weighted by atomic mass is 35.5. The molecular weight excluding hydrogens is 500 g/mol. The Morgan fingerprint density at radius 1 is 1.08 bits per heavy atom. The minimum Gasteiger partial charge on any atom is -0.491 e. The molecule has 206 valence electrons. The molecule has 38 heavy (non-hydrogen) atoms. The van der Waals surface area contributed by atoms with E-state index in [1.54, 1.807) is 4.90 Å². The molecule has 0 N–H and O–H groups in total. The molecule has 2 aliphatic heterocycles. The van der Waals surface area contributed by atoms with E-state index in [9.17, 15) is 9.59 Å². The number of methoxy groups -OCH3 is 1. The van der Waals surface area contributed by atoms with Crippen molar-refractivity contribution in [3.05, 3.63) is 58.1 Å². The van der Waals surface area contributed by atoms with Crippen molar-refractivity contribution in [3.63, 3.8) is 0 Å². The van der Waals surface area contributed by atoms with Gasteiger partial charge in [0.1, 0.15) is 5.75 Å². The number of aryl methyl sites for hydroxylation is 1. The average Bonchev–Trinajstić information content (AvgIpc) is 3.09. The Morgan fingerprint density at radius 3 is 2.61 bits per heavy atom. The van der Waals surface area contributed by atoms with Crippen LogP contribution in [0.15, 0.2) is 36.4 Å². The predicted molar refractivity (Wildman–Crippen MR) is 152 cm³/mol. The molecule has 2 aromatic carbocycles. The van der Waals surface area contributed by atoms with Gasteiger partial charge < -0.3 is 19.3 Å². The summed E-state index contributed by atoms with van der Waals surface area (Å²) in [4.78, 5) is 30.0. The Balaban J connectivity index is 1.71. The summed E-state index contributed by atoms with van der Waals surface area (Å²) in [5.74, 6) is -0.0688. The lowest BCUT2D eigenvalue weighted by Gasteiger charge is -2.28. The summed E-state index contributed by atoms with van der Waals surface area (Å²) in [6.07, 6.45) is 7.55. The Labute approximate surface area is 232 Å². The van der Waals surface area contributed by atoms with E-state index in [2.05, 4.69) is 24.0 Å². The standard InChI is InChI=1S/C31H41ClN2O4/c1-4-10-22-17-25(32)12-13-26(22)24-20-34-16-9-7-5-6-8-15-33(2)30(35)19-27(31(36)37-3)23-11-14-29(38-21-24)28(34)18-23/h11-14,17-18,24,27H,4-10,15-16,19-21H2,1-3H3. The molecule has 0 fully saturated rings. The minimum absolute atomic E-state index is 0.0374. The van der Waals surface area contributed by atoms with Gasteiger partial charge in [0.15, 0.2) is 0 Å². The fourth-order valence-corrected chi connectivity index (χ4v) is 5.90. The van der Waals surface area contributed by atoms with Crippen LogP contribution in [0.4, 0.5) is 5.69 Å². The second kappa shape index (κ2) is 13.4. The van der Waals surface area contributed by atoms with Crippen molar-refractivity contribution in [1.29, 1.82) is 0 Å². The number of carbonyl (C=O) groups is 2. The minimum atomic E-state index is -0.654.